The van der Waals surface area contributed by atoms with Crippen molar-refractivity contribution in [3.05, 3.63) is 34.9 Å². The van der Waals surface area contributed by atoms with Crippen LogP contribution in [0.15, 0.2) is 24.3 Å². The zero-order valence-electron chi connectivity index (χ0n) is 9.94. The lowest BCUT2D eigenvalue weighted by molar-refractivity contribution is -0.141. The molecule has 5 nitrogen and oxygen atoms in total. The maximum absolute atomic E-state index is 10.8. The molecule has 6 heteroatoms. The van der Waals surface area contributed by atoms with Gasteiger partial charge in [-0.1, -0.05) is 23.7 Å². The van der Waals surface area contributed by atoms with Crippen molar-refractivity contribution in [1.82, 2.24) is 10.6 Å². The number of carboxylic acid groups (broad SMARTS) is 1. The van der Waals surface area contributed by atoms with Gasteiger partial charge in [0.2, 0.25) is 5.91 Å². The highest BCUT2D eigenvalue weighted by molar-refractivity contribution is 6.30. The Hall–Kier alpha value is -1.59. The summed E-state index contributed by atoms with van der Waals surface area (Å²) in [7, 11) is 0. The second-order valence-electron chi connectivity index (χ2n) is 3.85. The molecule has 0 saturated heterocycles. The van der Waals surface area contributed by atoms with Gasteiger partial charge in [-0.25, -0.2) is 4.79 Å². The van der Waals surface area contributed by atoms with Gasteiger partial charge in [0.05, 0.1) is 0 Å². The molecule has 0 bridgehead atoms. The van der Waals surface area contributed by atoms with Crippen molar-refractivity contribution in [3.63, 3.8) is 0 Å². The molecule has 1 unspecified atom stereocenters. The van der Waals surface area contributed by atoms with Crippen molar-refractivity contribution in [3.8, 4) is 0 Å². The zero-order chi connectivity index (χ0) is 13.5. The molecule has 0 aliphatic rings. The number of benzene rings is 1. The summed E-state index contributed by atoms with van der Waals surface area (Å²) in [6.45, 7) is 1.97. The highest BCUT2D eigenvalue weighted by atomic mass is 35.5. The van der Waals surface area contributed by atoms with Crippen molar-refractivity contribution < 1.29 is 14.7 Å². The summed E-state index contributed by atoms with van der Waals surface area (Å²) in [4.78, 5) is 21.7. The fourth-order valence-electron chi connectivity index (χ4n) is 1.41. The van der Waals surface area contributed by atoms with Crippen molar-refractivity contribution in [2.45, 2.75) is 19.5 Å². The van der Waals surface area contributed by atoms with Gasteiger partial charge < -0.3 is 15.7 Å². The van der Waals surface area contributed by atoms with Gasteiger partial charge in [-0.3, -0.25) is 4.79 Å². The molecule has 0 spiro atoms. The molecule has 0 heterocycles. The Morgan fingerprint density at radius 3 is 2.44 bits per heavy atom. The summed E-state index contributed by atoms with van der Waals surface area (Å²) in [5.41, 5.74) is 0.992. The summed E-state index contributed by atoms with van der Waals surface area (Å²) >= 11 is 5.75. The van der Waals surface area contributed by atoms with Crippen molar-refractivity contribution in [2.24, 2.45) is 0 Å². The van der Waals surface area contributed by atoms with Gasteiger partial charge in [0.25, 0.3) is 0 Å². The van der Waals surface area contributed by atoms with E-state index in [1.807, 2.05) is 12.1 Å². The number of halogens is 1. The number of carbonyl (C=O) groups excluding carboxylic acids is 1. The molecule has 0 radical (unpaired) electrons. The topological polar surface area (TPSA) is 78.4 Å². The first-order valence-corrected chi connectivity index (χ1v) is 5.82. The molecular weight excluding hydrogens is 256 g/mol. The Labute approximate surface area is 110 Å². The number of carboxylic acids is 1. The lowest BCUT2D eigenvalue weighted by Crippen LogP contribution is -2.46. The first-order chi connectivity index (χ1) is 8.49. The van der Waals surface area contributed by atoms with E-state index in [2.05, 4.69) is 10.6 Å². The van der Waals surface area contributed by atoms with E-state index in [1.165, 1.54) is 6.92 Å². The van der Waals surface area contributed by atoms with Gasteiger partial charge >= 0.3 is 5.97 Å². The van der Waals surface area contributed by atoms with Gasteiger partial charge in [-0.05, 0) is 17.7 Å². The second-order valence-corrected chi connectivity index (χ2v) is 4.29. The molecule has 0 aliphatic heterocycles. The number of hydrogen-bond donors (Lipinski definition) is 3. The summed E-state index contributed by atoms with van der Waals surface area (Å²) in [5.74, 6) is -1.43. The van der Waals surface area contributed by atoms with Crippen LogP contribution in [0.2, 0.25) is 5.02 Å². The van der Waals surface area contributed by atoms with E-state index in [1.54, 1.807) is 12.1 Å². The predicted octanol–water partition coefficient (Wildman–Crippen LogP) is 1.02. The third kappa shape index (κ3) is 5.16. The molecule has 0 fully saturated rings. The smallest absolute Gasteiger partial charge is 0.327 e. The maximum atomic E-state index is 10.8. The van der Waals surface area contributed by atoms with E-state index in [0.717, 1.165) is 5.56 Å². The van der Waals surface area contributed by atoms with Gasteiger partial charge in [-0.15, -0.1) is 0 Å². The van der Waals surface area contributed by atoms with Crippen LogP contribution in [0.25, 0.3) is 0 Å². The number of hydrogen-bond acceptors (Lipinski definition) is 3. The molecule has 0 aliphatic carbocycles. The summed E-state index contributed by atoms with van der Waals surface area (Å²) in [6, 6.07) is 6.31. The quantitative estimate of drug-likeness (QED) is 0.721. The fraction of sp³-hybridized carbons (Fsp3) is 0.333. The highest BCUT2D eigenvalue weighted by Gasteiger charge is 2.17. The Balaban J connectivity index is 2.41. The van der Waals surface area contributed by atoms with Crippen LogP contribution in [0.4, 0.5) is 0 Å². The van der Waals surface area contributed by atoms with Crippen molar-refractivity contribution in [2.75, 3.05) is 6.54 Å². The Bertz CT molecular complexity index is 420. The molecular formula is C12H15ClN2O3. The van der Waals surface area contributed by atoms with Crippen LogP contribution in [0.3, 0.4) is 0 Å². The predicted molar refractivity (Wildman–Crippen MR) is 68.4 cm³/mol. The Kier molecular flexibility index (Phi) is 5.61. The van der Waals surface area contributed by atoms with E-state index in [9.17, 15) is 9.59 Å². The monoisotopic (exact) mass is 270 g/mol. The van der Waals surface area contributed by atoms with Crippen molar-refractivity contribution >= 4 is 23.5 Å². The lowest BCUT2D eigenvalue weighted by atomic mass is 10.2. The van der Waals surface area contributed by atoms with Crippen LogP contribution >= 0.6 is 11.6 Å². The molecule has 1 rings (SSSR count). The molecule has 3 N–H and O–H groups in total. The standard InChI is InChI=1S/C12H15ClN2O3/c1-8(16)15-11(12(17)18)7-14-6-9-2-4-10(13)5-3-9/h2-5,11,14H,6-7H2,1H3,(H,15,16)(H,17,18). The van der Waals surface area contributed by atoms with Gasteiger partial charge in [0, 0.05) is 25.0 Å². The molecule has 98 valence electrons. The number of amides is 1. The molecule has 0 saturated carbocycles. The number of aliphatic carboxylic acids is 1. The summed E-state index contributed by atoms with van der Waals surface area (Å²) < 4.78 is 0. The van der Waals surface area contributed by atoms with Crippen molar-refractivity contribution in [1.29, 1.82) is 0 Å². The third-order valence-electron chi connectivity index (χ3n) is 2.27. The number of rotatable bonds is 6. The average molecular weight is 271 g/mol. The average Bonchev–Trinajstić information content (AvgIpc) is 2.29. The summed E-state index contributed by atoms with van der Waals surface area (Å²) in [6.07, 6.45) is 0. The number of carbonyl (C=O) groups is 2. The molecule has 1 amide bonds. The van der Waals surface area contributed by atoms with Crippen LogP contribution in [0, 0.1) is 0 Å². The van der Waals surface area contributed by atoms with Gasteiger partial charge in [0.15, 0.2) is 0 Å². The van der Waals surface area contributed by atoms with Crippen LogP contribution in [-0.4, -0.2) is 29.6 Å². The van der Waals surface area contributed by atoms with E-state index >= 15 is 0 Å². The largest absolute Gasteiger partial charge is 0.480 e. The minimum absolute atomic E-state index is 0.164. The third-order valence-corrected chi connectivity index (χ3v) is 2.52. The molecule has 1 atom stereocenters. The first-order valence-electron chi connectivity index (χ1n) is 5.44. The minimum Gasteiger partial charge on any atom is -0.480 e. The van der Waals surface area contributed by atoms with Crippen LogP contribution in [0.1, 0.15) is 12.5 Å². The normalized spacial score (nSPS) is 11.9. The van der Waals surface area contributed by atoms with E-state index in [0.29, 0.717) is 11.6 Å². The number of nitrogens with one attached hydrogen (secondary N) is 2. The summed E-state index contributed by atoms with van der Waals surface area (Å²) in [5, 5.41) is 14.9. The molecule has 1 aromatic rings. The van der Waals surface area contributed by atoms with E-state index in [4.69, 9.17) is 16.7 Å². The fourth-order valence-corrected chi connectivity index (χ4v) is 1.53. The lowest BCUT2D eigenvalue weighted by Gasteiger charge is -2.14. The Morgan fingerprint density at radius 1 is 1.33 bits per heavy atom. The van der Waals surface area contributed by atoms with Crippen LogP contribution < -0.4 is 10.6 Å². The van der Waals surface area contributed by atoms with Gasteiger partial charge in [0.1, 0.15) is 6.04 Å². The van der Waals surface area contributed by atoms with E-state index in [-0.39, 0.29) is 12.5 Å². The first kappa shape index (κ1) is 14.5. The highest BCUT2D eigenvalue weighted by Crippen LogP contribution is 2.08. The van der Waals surface area contributed by atoms with E-state index < -0.39 is 12.0 Å². The molecule has 1 aromatic carbocycles. The van der Waals surface area contributed by atoms with Gasteiger partial charge in [-0.2, -0.15) is 0 Å². The molecule has 0 aromatic heterocycles. The zero-order valence-corrected chi connectivity index (χ0v) is 10.7. The minimum atomic E-state index is -1.06. The van der Waals surface area contributed by atoms with Crippen LogP contribution in [0.5, 0.6) is 0 Å². The molecule has 18 heavy (non-hydrogen) atoms. The van der Waals surface area contributed by atoms with Crippen LogP contribution in [-0.2, 0) is 16.1 Å². The SMILES string of the molecule is CC(=O)NC(CNCc1ccc(Cl)cc1)C(=O)O. The maximum Gasteiger partial charge on any atom is 0.327 e. The second kappa shape index (κ2) is 6.98. The Morgan fingerprint density at radius 2 is 1.94 bits per heavy atom.